The summed E-state index contributed by atoms with van der Waals surface area (Å²) < 4.78 is 5.44. The quantitative estimate of drug-likeness (QED) is 0.792. The SMILES string of the molecule is CSCCOc1ccc(CO)cc1Cl. The van der Waals surface area contributed by atoms with Crippen LogP contribution in [0.1, 0.15) is 5.56 Å². The summed E-state index contributed by atoms with van der Waals surface area (Å²) in [5, 5.41) is 9.42. The summed E-state index contributed by atoms with van der Waals surface area (Å²) >= 11 is 7.67. The van der Waals surface area contributed by atoms with E-state index in [2.05, 4.69) is 0 Å². The van der Waals surface area contributed by atoms with Gasteiger partial charge in [0.2, 0.25) is 0 Å². The van der Waals surface area contributed by atoms with Crippen molar-refractivity contribution in [3.8, 4) is 5.75 Å². The van der Waals surface area contributed by atoms with Gasteiger partial charge in [-0.3, -0.25) is 0 Å². The molecule has 0 saturated heterocycles. The summed E-state index contributed by atoms with van der Waals surface area (Å²) in [6.45, 7) is 0.657. The molecule has 0 fully saturated rings. The lowest BCUT2D eigenvalue weighted by molar-refractivity contribution is 0.281. The lowest BCUT2D eigenvalue weighted by atomic mass is 10.2. The molecule has 1 aromatic carbocycles. The molecule has 78 valence electrons. The standard InChI is InChI=1S/C10H13ClO2S/c1-14-5-4-13-10-3-2-8(7-12)6-9(10)11/h2-3,6,12H,4-5,7H2,1H3. The Morgan fingerprint density at radius 3 is 2.86 bits per heavy atom. The molecule has 1 aromatic rings. The molecule has 14 heavy (non-hydrogen) atoms. The fraction of sp³-hybridized carbons (Fsp3) is 0.400. The van der Waals surface area contributed by atoms with Crippen LogP contribution in [0.2, 0.25) is 5.02 Å². The van der Waals surface area contributed by atoms with E-state index in [1.165, 1.54) is 0 Å². The molecule has 0 saturated carbocycles. The molecule has 0 heterocycles. The smallest absolute Gasteiger partial charge is 0.137 e. The van der Waals surface area contributed by atoms with Gasteiger partial charge in [-0.1, -0.05) is 17.7 Å². The molecule has 0 aliphatic rings. The molecule has 0 unspecified atom stereocenters. The van der Waals surface area contributed by atoms with Crippen LogP contribution in [0.5, 0.6) is 5.75 Å². The highest BCUT2D eigenvalue weighted by molar-refractivity contribution is 7.98. The van der Waals surface area contributed by atoms with E-state index in [1.807, 2.05) is 6.26 Å². The zero-order chi connectivity index (χ0) is 10.4. The van der Waals surface area contributed by atoms with E-state index in [4.69, 9.17) is 21.4 Å². The zero-order valence-corrected chi connectivity index (χ0v) is 9.57. The number of halogens is 1. The minimum absolute atomic E-state index is 0.00477. The third-order valence-corrected chi connectivity index (χ3v) is 2.59. The first-order chi connectivity index (χ1) is 6.77. The van der Waals surface area contributed by atoms with E-state index in [0.717, 1.165) is 11.3 Å². The average molecular weight is 233 g/mol. The van der Waals surface area contributed by atoms with Crippen LogP contribution in [0.3, 0.4) is 0 Å². The van der Waals surface area contributed by atoms with Crippen LogP contribution in [0.15, 0.2) is 18.2 Å². The lowest BCUT2D eigenvalue weighted by Crippen LogP contribution is -2.00. The predicted molar refractivity (Wildman–Crippen MR) is 61.3 cm³/mol. The van der Waals surface area contributed by atoms with Gasteiger partial charge in [-0.05, 0) is 24.0 Å². The van der Waals surface area contributed by atoms with Crippen molar-refractivity contribution in [3.63, 3.8) is 0 Å². The number of benzene rings is 1. The number of aliphatic hydroxyl groups excluding tert-OH is 1. The van der Waals surface area contributed by atoms with E-state index < -0.39 is 0 Å². The second-order valence-corrected chi connectivity index (χ2v) is 4.16. The predicted octanol–water partition coefficient (Wildman–Crippen LogP) is 2.57. The van der Waals surface area contributed by atoms with Gasteiger partial charge in [0.25, 0.3) is 0 Å². The van der Waals surface area contributed by atoms with E-state index >= 15 is 0 Å². The molecule has 0 aliphatic heterocycles. The maximum absolute atomic E-state index is 8.86. The van der Waals surface area contributed by atoms with Crippen LogP contribution in [-0.2, 0) is 6.61 Å². The third-order valence-electron chi connectivity index (χ3n) is 1.72. The largest absolute Gasteiger partial charge is 0.491 e. The average Bonchev–Trinajstić information content (AvgIpc) is 2.20. The summed E-state index contributed by atoms with van der Waals surface area (Å²) in [5.74, 6) is 1.62. The first kappa shape index (κ1) is 11.7. The molecule has 0 amide bonds. The number of aliphatic hydroxyl groups is 1. The third kappa shape index (κ3) is 3.40. The molecule has 1 rings (SSSR count). The summed E-state index contributed by atoms with van der Waals surface area (Å²) in [6.07, 6.45) is 2.03. The number of hydrogen-bond acceptors (Lipinski definition) is 3. The van der Waals surface area contributed by atoms with Gasteiger partial charge in [-0.2, -0.15) is 11.8 Å². The van der Waals surface area contributed by atoms with Crippen molar-refractivity contribution in [2.45, 2.75) is 6.61 Å². The van der Waals surface area contributed by atoms with Crippen LogP contribution in [-0.4, -0.2) is 23.7 Å². The van der Waals surface area contributed by atoms with Gasteiger partial charge in [0.15, 0.2) is 0 Å². The minimum atomic E-state index is 0.00477. The Morgan fingerprint density at radius 2 is 2.29 bits per heavy atom. The summed E-state index contributed by atoms with van der Waals surface area (Å²) in [7, 11) is 0. The molecule has 4 heteroatoms. The van der Waals surface area contributed by atoms with Gasteiger partial charge < -0.3 is 9.84 Å². The second-order valence-electron chi connectivity index (χ2n) is 2.76. The Balaban J connectivity index is 2.59. The van der Waals surface area contributed by atoms with Gasteiger partial charge in [0.1, 0.15) is 5.75 Å². The summed E-state index contributed by atoms with van der Waals surface area (Å²) in [6, 6.07) is 5.31. The number of hydrogen-bond donors (Lipinski definition) is 1. The number of ether oxygens (including phenoxy) is 1. The van der Waals surface area contributed by atoms with Gasteiger partial charge in [-0.25, -0.2) is 0 Å². The Labute approximate surface area is 93.2 Å². The Bertz CT molecular complexity index is 291. The summed E-state index contributed by atoms with van der Waals surface area (Å²) in [4.78, 5) is 0. The highest BCUT2D eigenvalue weighted by Gasteiger charge is 2.01. The highest BCUT2D eigenvalue weighted by atomic mass is 35.5. The molecule has 0 radical (unpaired) electrons. The molecule has 1 N–H and O–H groups in total. The van der Waals surface area contributed by atoms with Crippen molar-refractivity contribution in [2.24, 2.45) is 0 Å². The summed E-state index contributed by atoms with van der Waals surface area (Å²) in [5.41, 5.74) is 0.798. The van der Waals surface area contributed by atoms with Crippen molar-refractivity contribution in [2.75, 3.05) is 18.6 Å². The molecule has 0 bridgehead atoms. The van der Waals surface area contributed by atoms with Crippen LogP contribution in [0.25, 0.3) is 0 Å². The minimum Gasteiger partial charge on any atom is -0.491 e. The van der Waals surface area contributed by atoms with E-state index in [1.54, 1.807) is 30.0 Å². The number of rotatable bonds is 5. The maximum atomic E-state index is 8.86. The Kier molecular flexibility index (Phi) is 5.15. The van der Waals surface area contributed by atoms with E-state index in [0.29, 0.717) is 17.4 Å². The molecule has 2 nitrogen and oxygen atoms in total. The van der Waals surface area contributed by atoms with Crippen molar-refractivity contribution in [1.29, 1.82) is 0 Å². The van der Waals surface area contributed by atoms with Crippen molar-refractivity contribution >= 4 is 23.4 Å². The molecule has 0 aliphatic carbocycles. The molecule has 0 atom stereocenters. The Hall–Kier alpha value is -0.380. The fourth-order valence-electron chi connectivity index (χ4n) is 0.995. The van der Waals surface area contributed by atoms with Crippen molar-refractivity contribution < 1.29 is 9.84 Å². The monoisotopic (exact) mass is 232 g/mol. The van der Waals surface area contributed by atoms with Crippen LogP contribution in [0.4, 0.5) is 0 Å². The zero-order valence-electron chi connectivity index (χ0n) is 8.00. The van der Waals surface area contributed by atoms with E-state index in [-0.39, 0.29) is 6.61 Å². The topological polar surface area (TPSA) is 29.5 Å². The molecule has 0 aromatic heterocycles. The lowest BCUT2D eigenvalue weighted by Gasteiger charge is -2.07. The van der Waals surface area contributed by atoms with Crippen molar-refractivity contribution in [3.05, 3.63) is 28.8 Å². The Morgan fingerprint density at radius 1 is 1.50 bits per heavy atom. The van der Waals surface area contributed by atoms with Gasteiger partial charge in [0.05, 0.1) is 18.2 Å². The van der Waals surface area contributed by atoms with Crippen LogP contribution < -0.4 is 4.74 Å². The van der Waals surface area contributed by atoms with Crippen LogP contribution >= 0.6 is 23.4 Å². The van der Waals surface area contributed by atoms with Crippen molar-refractivity contribution in [1.82, 2.24) is 0 Å². The molecular formula is C10H13ClO2S. The fourth-order valence-corrected chi connectivity index (χ4v) is 1.50. The second kappa shape index (κ2) is 6.17. The van der Waals surface area contributed by atoms with Gasteiger partial charge >= 0.3 is 0 Å². The van der Waals surface area contributed by atoms with Crippen LogP contribution in [0, 0.1) is 0 Å². The molecular weight excluding hydrogens is 220 g/mol. The molecule has 0 spiro atoms. The normalized spacial score (nSPS) is 10.2. The highest BCUT2D eigenvalue weighted by Crippen LogP contribution is 2.25. The van der Waals surface area contributed by atoms with Gasteiger partial charge in [0, 0.05) is 5.75 Å². The maximum Gasteiger partial charge on any atom is 0.137 e. The first-order valence-corrected chi connectivity index (χ1v) is 6.06. The van der Waals surface area contributed by atoms with E-state index in [9.17, 15) is 0 Å². The first-order valence-electron chi connectivity index (χ1n) is 4.29. The number of thioether (sulfide) groups is 1. The van der Waals surface area contributed by atoms with Gasteiger partial charge in [-0.15, -0.1) is 0 Å².